The normalized spacial score (nSPS) is 21.5. The molecule has 0 bridgehead atoms. The van der Waals surface area contributed by atoms with Crippen molar-refractivity contribution >= 4 is 11.7 Å². The minimum absolute atomic E-state index is 0.0903. The van der Waals surface area contributed by atoms with Crippen LogP contribution in [0.3, 0.4) is 0 Å². The number of aromatic nitrogens is 1. The third-order valence-corrected chi connectivity index (χ3v) is 5.04. The van der Waals surface area contributed by atoms with Gasteiger partial charge in [0.05, 0.1) is 0 Å². The van der Waals surface area contributed by atoms with Crippen LogP contribution in [0, 0.1) is 0 Å². The van der Waals surface area contributed by atoms with Gasteiger partial charge in [0, 0.05) is 64.1 Å². The van der Waals surface area contributed by atoms with Crippen molar-refractivity contribution in [3.05, 3.63) is 24.4 Å². The molecule has 0 unspecified atom stereocenters. The van der Waals surface area contributed by atoms with Gasteiger partial charge in [-0.3, -0.25) is 9.69 Å². The summed E-state index contributed by atoms with van der Waals surface area (Å²) in [6, 6.07) is 6.02. The van der Waals surface area contributed by atoms with Crippen LogP contribution < -0.4 is 10.2 Å². The third kappa shape index (κ3) is 4.68. The second-order valence-electron chi connectivity index (χ2n) is 6.99. The molecule has 6 nitrogen and oxygen atoms in total. The molecule has 0 aromatic carbocycles. The molecule has 3 heterocycles. The van der Waals surface area contributed by atoms with Crippen molar-refractivity contribution in [1.29, 1.82) is 0 Å². The summed E-state index contributed by atoms with van der Waals surface area (Å²) in [6.45, 7) is 8.33. The Kier molecular flexibility index (Phi) is 5.68. The van der Waals surface area contributed by atoms with Gasteiger partial charge in [-0.15, -0.1) is 0 Å². The summed E-state index contributed by atoms with van der Waals surface area (Å²) in [7, 11) is 0. The van der Waals surface area contributed by atoms with Crippen molar-refractivity contribution in [1.82, 2.24) is 15.2 Å². The fourth-order valence-corrected chi connectivity index (χ4v) is 3.35. The number of hydrogen-bond donors (Lipinski definition) is 1. The first-order valence-electron chi connectivity index (χ1n) is 8.92. The molecular weight excluding hydrogens is 304 g/mol. The van der Waals surface area contributed by atoms with E-state index >= 15 is 0 Å². The maximum atomic E-state index is 12.2. The van der Waals surface area contributed by atoms with Crippen LogP contribution in [-0.2, 0) is 9.53 Å². The number of ether oxygens (including phenoxy) is 1. The van der Waals surface area contributed by atoms with Crippen LogP contribution in [0.5, 0.6) is 0 Å². The zero-order valence-electron chi connectivity index (χ0n) is 14.5. The molecule has 0 spiro atoms. The molecule has 0 radical (unpaired) electrons. The molecule has 6 heteroatoms. The molecule has 1 N–H and O–H groups in total. The lowest BCUT2D eigenvalue weighted by Gasteiger charge is -2.36. The summed E-state index contributed by atoms with van der Waals surface area (Å²) in [5.74, 6) is 1.20. The van der Waals surface area contributed by atoms with Gasteiger partial charge in [0.25, 0.3) is 0 Å². The quantitative estimate of drug-likeness (QED) is 0.880. The van der Waals surface area contributed by atoms with Crippen LogP contribution in [0.25, 0.3) is 0 Å². The molecule has 3 rings (SSSR count). The van der Waals surface area contributed by atoms with Crippen molar-refractivity contribution in [3.8, 4) is 0 Å². The van der Waals surface area contributed by atoms with Crippen molar-refractivity contribution in [2.75, 3.05) is 50.8 Å². The first-order valence-corrected chi connectivity index (χ1v) is 8.92. The zero-order valence-corrected chi connectivity index (χ0v) is 14.5. The van der Waals surface area contributed by atoms with E-state index in [9.17, 15) is 4.79 Å². The van der Waals surface area contributed by atoms with E-state index in [0.717, 1.165) is 64.6 Å². The van der Waals surface area contributed by atoms with Crippen molar-refractivity contribution < 1.29 is 9.53 Å². The van der Waals surface area contributed by atoms with Gasteiger partial charge in [-0.25, -0.2) is 4.98 Å². The van der Waals surface area contributed by atoms with Crippen LogP contribution >= 0.6 is 0 Å². The van der Waals surface area contributed by atoms with Gasteiger partial charge in [0.15, 0.2) is 0 Å². The number of pyridine rings is 1. The van der Waals surface area contributed by atoms with Crippen LogP contribution in [0.4, 0.5) is 5.82 Å². The van der Waals surface area contributed by atoms with Gasteiger partial charge in [-0.05, 0) is 31.9 Å². The lowest BCUT2D eigenvalue weighted by Crippen LogP contribution is -2.51. The number of nitrogens with one attached hydrogen (secondary N) is 1. The molecule has 24 heavy (non-hydrogen) atoms. The number of amides is 1. The van der Waals surface area contributed by atoms with E-state index in [0.29, 0.717) is 6.42 Å². The molecule has 1 aromatic heterocycles. The molecule has 1 aromatic rings. The predicted molar refractivity (Wildman–Crippen MR) is 94.1 cm³/mol. The summed E-state index contributed by atoms with van der Waals surface area (Å²) in [5, 5.41) is 3.20. The molecule has 2 saturated heterocycles. The third-order valence-electron chi connectivity index (χ3n) is 5.04. The predicted octanol–water partition coefficient (Wildman–Crippen LogP) is 1.28. The zero-order chi connectivity index (χ0) is 16.8. The number of carbonyl (C=O) groups excluding carboxylic acids is 1. The summed E-state index contributed by atoms with van der Waals surface area (Å²) < 4.78 is 5.38. The van der Waals surface area contributed by atoms with Gasteiger partial charge < -0.3 is 15.0 Å². The molecule has 1 amide bonds. The van der Waals surface area contributed by atoms with Crippen LogP contribution in [-0.4, -0.2) is 67.3 Å². The topological polar surface area (TPSA) is 57.7 Å². The minimum atomic E-state index is -0.0903. The molecule has 2 aliphatic heterocycles. The van der Waals surface area contributed by atoms with Crippen LogP contribution in [0.1, 0.15) is 26.2 Å². The average Bonchev–Trinajstić information content (AvgIpc) is 2.61. The number of hydrogen-bond acceptors (Lipinski definition) is 5. The van der Waals surface area contributed by atoms with Gasteiger partial charge in [-0.1, -0.05) is 6.07 Å². The molecule has 0 atom stereocenters. The Morgan fingerprint density at radius 1 is 1.25 bits per heavy atom. The largest absolute Gasteiger partial charge is 0.381 e. The SMILES string of the molecule is CC1(NC(=O)CCN2CCN(c3ccccn3)CC2)CCOCC1. The fourth-order valence-electron chi connectivity index (χ4n) is 3.35. The first kappa shape index (κ1) is 17.2. The van der Waals surface area contributed by atoms with E-state index < -0.39 is 0 Å². The van der Waals surface area contributed by atoms with Gasteiger partial charge in [-0.2, -0.15) is 0 Å². The lowest BCUT2D eigenvalue weighted by molar-refractivity contribution is -0.124. The Balaban J connectivity index is 1.38. The smallest absolute Gasteiger partial charge is 0.221 e. The Morgan fingerprint density at radius 2 is 2.00 bits per heavy atom. The molecule has 2 aliphatic rings. The van der Waals surface area contributed by atoms with Gasteiger partial charge in [0.2, 0.25) is 5.91 Å². The van der Waals surface area contributed by atoms with Crippen LogP contribution in [0.15, 0.2) is 24.4 Å². The molecule has 132 valence electrons. The van der Waals surface area contributed by atoms with Gasteiger partial charge >= 0.3 is 0 Å². The van der Waals surface area contributed by atoms with Crippen molar-refractivity contribution in [3.63, 3.8) is 0 Å². The Bertz CT molecular complexity index is 523. The van der Waals surface area contributed by atoms with E-state index in [2.05, 4.69) is 33.1 Å². The average molecular weight is 332 g/mol. The maximum absolute atomic E-state index is 12.2. The second-order valence-corrected chi connectivity index (χ2v) is 6.99. The van der Waals surface area contributed by atoms with Crippen LogP contribution in [0.2, 0.25) is 0 Å². The number of rotatable bonds is 5. The second kappa shape index (κ2) is 7.94. The summed E-state index contributed by atoms with van der Waals surface area (Å²) in [5.41, 5.74) is -0.0903. The van der Waals surface area contributed by atoms with Crippen molar-refractivity contribution in [2.24, 2.45) is 0 Å². The Morgan fingerprint density at radius 3 is 2.67 bits per heavy atom. The number of nitrogens with zero attached hydrogens (tertiary/aromatic N) is 3. The van der Waals surface area contributed by atoms with Gasteiger partial charge in [0.1, 0.15) is 5.82 Å². The monoisotopic (exact) mass is 332 g/mol. The minimum Gasteiger partial charge on any atom is -0.381 e. The first-order chi connectivity index (χ1) is 11.6. The van der Waals surface area contributed by atoms with E-state index in [1.165, 1.54) is 0 Å². The molecule has 0 saturated carbocycles. The van der Waals surface area contributed by atoms with E-state index in [-0.39, 0.29) is 11.4 Å². The summed E-state index contributed by atoms with van der Waals surface area (Å²) in [6.07, 6.45) is 4.21. The standard InChI is InChI=1S/C18H28N4O2/c1-18(6-14-24-15-7-18)20-17(23)5-9-21-10-12-22(13-11-21)16-4-2-3-8-19-16/h2-4,8H,5-7,9-15H2,1H3,(H,20,23). The fraction of sp³-hybridized carbons (Fsp3) is 0.667. The highest BCUT2D eigenvalue weighted by molar-refractivity contribution is 5.77. The molecular formula is C18H28N4O2. The van der Waals surface area contributed by atoms with Crippen molar-refractivity contribution in [2.45, 2.75) is 31.7 Å². The summed E-state index contributed by atoms with van der Waals surface area (Å²) in [4.78, 5) is 21.3. The maximum Gasteiger partial charge on any atom is 0.221 e. The molecule has 2 fully saturated rings. The highest BCUT2D eigenvalue weighted by Gasteiger charge is 2.29. The Hall–Kier alpha value is -1.66. The number of carbonyl (C=O) groups is 1. The lowest BCUT2D eigenvalue weighted by atomic mass is 9.92. The molecule has 0 aliphatic carbocycles. The highest BCUT2D eigenvalue weighted by Crippen LogP contribution is 2.19. The van der Waals surface area contributed by atoms with E-state index in [1.807, 2.05) is 18.3 Å². The van der Waals surface area contributed by atoms with E-state index in [1.54, 1.807) is 0 Å². The number of piperazine rings is 1. The highest BCUT2D eigenvalue weighted by atomic mass is 16.5. The number of anilines is 1. The van der Waals surface area contributed by atoms with E-state index in [4.69, 9.17) is 4.74 Å². The summed E-state index contributed by atoms with van der Waals surface area (Å²) >= 11 is 0. The Labute approximate surface area is 144 Å².